The van der Waals surface area contributed by atoms with E-state index in [1.165, 1.54) is 0 Å². The average Bonchev–Trinajstić information content (AvgIpc) is 3.09. The largest absolute Gasteiger partial charge is 0.322 e. The fraction of sp³-hybridized carbons (Fsp3) is 0.250. The lowest BCUT2D eigenvalue weighted by Gasteiger charge is -2.26. The molecule has 0 saturated carbocycles. The highest BCUT2D eigenvalue weighted by Crippen LogP contribution is 2.34. The van der Waals surface area contributed by atoms with Crippen LogP contribution < -0.4 is 10.2 Å². The number of hydrogen-bond acceptors (Lipinski definition) is 2. The molecule has 1 aliphatic heterocycles. The minimum Gasteiger partial charge on any atom is -0.322 e. The van der Waals surface area contributed by atoms with Crippen LogP contribution in [0.4, 0.5) is 11.4 Å². The molecule has 0 aliphatic carbocycles. The Morgan fingerprint density at radius 1 is 0.964 bits per heavy atom. The van der Waals surface area contributed by atoms with Gasteiger partial charge in [0.05, 0.1) is 0 Å². The van der Waals surface area contributed by atoms with Gasteiger partial charge < -0.3 is 10.2 Å². The summed E-state index contributed by atoms with van der Waals surface area (Å²) in [6.07, 6.45) is 0.842. The first-order chi connectivity index (χ1) is 13.3. The van der Waals surface area contributed by atoms with Crippen molar-refractivity contribution in [1.82, 2.24) is 0 Å². The Bertz CT molecular complexity index is 1070. The number of nitrogens with zero attached hydrogens (tertiary/aromatic N) is 1. The predicted molar refractivity (Wildman–Crippen MR) is 114 cm³/mol. The highest BCUT2D eigenvalue weighted by molar-refractivity contribution is 6.13. The van der Waals surface area contributed by atoms with Gasteiger partial charge in [0, 0.05) is 28.9 Å². The fourth-order valence-corrected chi connectivity index (χ4v) is 3.69. The van der Waals surface area contributed by atoms with Crippen LogP contribution in [0.1, 0.15) is 36.7 Å². The molecular formula is C24H24N2O2. The second kappa shape index (κ2) is 6.79. The average molecular weight is 372 g/mol. The quantitative estimate of drug-likeness (QED) is 0.686. The van der Waals surface area contributed by atoms with Crippen LogP contribution >= 0.6 is 0 Å². The van der Waals surface area contributed by atoms with Crippen molar-refractivity contribution in [1.29, 1.82) is 0 Å². The normalized spacial score (nSPS) is 13.5. The summed E-state index contributed by atoms with van der Waals surface area (Å²) in [6, 6.07) is 19.4. The van der Waals surface area contributed by atoms with Gasteiger partial charge in [0.15, 0.2) is 0 Å². The van der Waals surface area contributed by atoms with Crippen LogP contribution in [-0.4, -0.2) is 18.4 Å². The number of benzene rings is 3. The van der Waals surface area contributed by atoms with Crippen molar-refractivity contribution < 1.29 is 9.59 Å². The van der Waals surface area contributed by atoms with Crippen molar-refractivity contribution in [2.75, 3.05) is 16.8 Å². The van der Waals surface area contributed by atoms with Gasteiger partial charge in [-0.3, -0.25) is 9.59 Å². The van der Waals surface area contributed by atoms with Gasteiger partial charge in [0.2, 0.25) is 5.91 Å². The van der Waals surface area contributed by atoms with Crippen molar-refractivity contribution in [3.63, 3.8) is 0 Å². The number of rotatable bonds is 2. The van der Waals surface area contributed by atoms with Gasteiger partial charge >= 0.3 is 0 Å². The predicted octanol–water partition coefficient (Wildman–Crippen LogP) is 5.03. The van der Waals surface area contributed by atoms with Gasteiger partial charge in [-0.15, -0.1) is 0 Å². The molecule has 28 heavy (non-hydrogen) atoms. The van der Waals surface area contributed by atoms with Crippen LogP contribution in [0.25, 0.3) is 10.8 Å². The molecule has 0 saturated heterocycles. The van der Waals surface area contributed by atoms with Gasteiger partial charge in [-0.1, -0.05) is 63.2 Å². The topological polar surface area (TPSA) is 49.4 Å². The van der Waals surface area contributed by atoms with Crippen molar-refractivity contribution in [2.45, 2.75) is 27.2 Å². The van der Waals surface area contributed by atoms with E-state index in [2.05, 4.69) is 5.32 Å². The Balaban J connectivity index is 1.63. The number of carbonyl (C=O) groups is 2. The van der Waals surface area contributed by atoms with Crippen molar-refractivity contribution in [3.8, 4) is 0 Å². The van der Waals surface area contributed by atoms with Gasteiger partial charge in [-0.2, -0.15) is 0 Å². The van der Waals surface area contributed by atoms with Gasteiger partial charge in [0.25, 0.3) is 5.91 Å². The molecule has 0 spiro atoms. The summed E-state index contributed by atoms with van der Waals surface area (Å²) in [5, 5.41) is 4.96. The molecule has 3 aromatic carbocycles. The summed E-state index contributed by atoms with van der Waals surface area (Å²) in [7, 11) is 0. The van der Waals surface area contributed by atoms with E-state index in [1.54, 1.807) is 0 Å². The highest BCUT2D eigenvalue weighted by atomic mass is 16.2. The molecule has 0 bridgehead atoms. The first-order valence-electron chi connectivity index (χ1n) is 9.58. The van der Waals surface area contributed by atoms with E-state index in [9.17, 15) is 9.59 Å². The zero-order valence-corrected chi connectivity index (χ0v) is 16.5. The molecule has 0 aromatic heterocycles. The third kappa shape index (κ3) is 3.26. The lowest BCUT2D eigenvalue weighted by atomic mass is 9.94. The molecule has 4 heteroatoms. The second-order valence-electron chi connectivity index (χ2n) is 8.28. The lowest BCUT2D eigenvalue weighted by molar-refractivity contribution is -0.125. The van der Waals surface area contributed by atoms with Crippen LogP contribution in [0.2, 0.25) is 0 Å². The van der Waals surface area contributed by atoms with E-state index in [4.69, 9.17) is 0 Å². The number of carbonyl (C=O) groups excluding carboxylic acids is 2. The zero-order valence-electron chi connectivity index (χ0n) is 16.5. The van der Waals surface area contributed by atoms with Crippen molar-refractivity contribution in [2.24, 2.45) is 5.41 Å². The molecule has 2 amide bonds. The fourth-order valence-electron chi connectivity index (χ4n) is 3.69. The molecule has 0 unspecified atom stereocenters. The molecule has 142 valence electrons. The standard InChI is InChI=1S/C24H24N2O2/c1-24(2,3)23(28)26-14-13-17-11-12-18(15-21(17)26)25-22(27)20-10-6-8-16-7-4-5-9-19(16)20/h4-12,15H,13-14H2,1-3H3,(H,25,27). The molecule has 1 N–H and O–H groups in total. The smallest absolute Gasteiger partial charge is 0.256 e. The lowest BCUT2D eigenvalue weighted by Crippen LogP contribution is -2.38. The number of nitrogens with one attached hydrogen (secondary N) is 1. The van der Waals surface area contributed by atoms with E-state index in [-0.39, 0.29) is 11.8 Å². The Kier molecular flexibility index (Phi) is 4.42. The van der Waals surface area contributed by atoms with Gasteiger partial charge in [0.1, 0.15) is 0 Å². The van der Waals surface area contributed by atoms with Crippen LogP contribution in [-0.2, 0) is 11.2 Å². The van der Waals surface area contributed by atoms with Gasteiger partial charge in [-0.25, -0.2) is 0 Å². The zero-order chi connectivity index (χ0) is 19.9. The maximum Gasteiger partial charge on any atom is 0.256 e. The molecule has 1 aliphatic rings. The third-order valence-electron chi connectivity index (χ3n) is 5.16. The first kappa shape index (κ1) is 18.2. The minimum absolute atomic E-state index is 0.101. The summed E-state index contributed by atoms with van der Waals surface area (Å²) in [4.78, 5) is 27.5. The van der Waals surface area contributed by atoms with E-state index >= 15 is 0 Å². The molecule has 0 radical (unpaired) electrons. The van der Waals surface area contributed by atoms with Crippen LogP contribution in [0, 0.1) is 5.41 Å². The minimum atomic E-state index is -0.441. The van der Waals surface area contributed by atoms with E-state index < -0.39 is 5.41 Å². The number of hydrogen-bond donors (Lipinski definition) is 1. The molecular weight excluding hydrogens is 348 g/mol. The highest BCUT2D eigenvalue weighted by Gasteiger charge is 2.32. The Morgan fingerprint density at radius 2 is 1.71 bits per heavy atom. The van der Waals surface area contributed by atoms with Crippen LogP contribution in [0.5, 0.6) is 0 Å². The molecule has 3 aromatic rings. The van der Waals surface area contributed by atoms with Crippen LogP contribution in [0.3, 0.4) is 0 Å². The Hall–Kier alpha value is -3.14. The van der Waals surface area contributed by atoms with Gasteiger partial charge in [-0.05, 0) is 41.0 Å². The maximum atomic E-state index is 12.9. The molecule has 4 rings (SSSR count). The summed E-state index contributed by atoms with van der Waals surface area (Å²) in [6.45, 7) is 6.48. The van der Waals surface area contributed by atoms with Crippen molar-refractivity contribution in [3.05, 3.63) is 71.8 Å². The SMILES string of the molecule is CC(C)(C)C(=O)N1CCc2ccc(NC(=O)c3cccc4ccccc34)cc21. The summed E-state index contributed by atoms with van der Waals surface area (Å²) >= 11 is 0. The Labute approximate surface area is 165 Å². The number of anilines is 2. The van der Waals surface area contributed by atoms with Crippen molar-refractivity contribution >= 4 is 34.0 Å². The number of fused-ring (bicyclic) bond motifs is 2. The molecule has 1 heterocycles. The molecule has 4 nitrogen and oxygen atoms in total. The van der Waals surface area contributed by atoms with E-state index in [0.717, 1.165) is 28.4 Å². The molecule has 0 fully saturated rings. The summed E-state index contributed by atoms with van der Waals surface area (Å²) < 4.78 is 0. The summed E-state index contributed by atoms with van der Waals surface area (Å²) in [5.74, 6) is -0.0489. The maximum absolute atomic E-state index is 12.9. The van der Waals surface area contributed by atoms with E-state index in [0.29, 0.717) is 17.8 Å². The summed E-state index contributed by atoms with van der Waals surface area (Å²) in [5.41, 5.74) is 2.94. The third-order valence-corrected chi connectivity index (χ3v) is 5.16. The first-order valence-corrected chi connectivity index (χ1v) is 9.58. The monoisotopic (exact) mass is 372 g/mol. The molecule has 0 atom stereocenters. The Morgan fingerprint density at radius 3 is 2.50 bits per heavy atom. The van der Waals surface area contributed by atoms with E-state index in [1.807, 2.05) is 86.3 Å². The van der Waals surface area contributed by atoms with Crippen LogP contribution in [0.15, 0.2) is 60.7 Å². The second-order valence-corrected chi connectivity index (χ2v) is 8.28. The number of amides is 2.